The van der Waals surface area contributed by atoms with Crippen LogP contribution >= 0.6 is 0 Å². The summed E-state index contributed by atoms with van der Waals surface area (Å²) in [6, 6.07) is 0. The highest BCUT2D eigenvalue weighted by molar-refractivity contribution is 5.16. The van der Waals surface area contributed by atoms with Gasteiger partial charge in [0.1, 0.15) is 0 Å². The van der Waals surface area contributed by atoms with Gasteiger partial charge in [-0.25, -0.2) is 0 Å². The van der Waals surface area contributed by atoms with Crippen LogP contribution in [-0.2, 0) is 0 Å². The molecular weight excluding hydrogens is 136 g/mol. The fourth-order valence-corrected chi connectivity index (χ4v) is 3.02. The summed E-state index contributed by atoms with van der Waals surface area (Å²) >= 11 is 0. The van der Waals surface area contributed by atoms with E-state index in [0.29, 0.717) is 11.3 Å². The van der Waals surface area contributed by atoms with Crippen LogP contribution < -0.4 is 0 Å². The van der Waals surface area contributed by atoms with Gasteiger partial charge < -0.3 is 5.11 Å². The van der Waals surface area contributed by atoms with E-state index < -0.39 is 0 Å². The standard InChI is InChI=1S/C10H18O/c1-7(2)10-5-4-9(3,11)8(10)6-10/h7-8,11H,4-6H2,1-3H3/t8-,9-,10?/m0/s1. The van der Waals surface area contributed by atoms with Crippen molar-refractivity contribution < 1.29 is 5.11 Å². The maximum absolute atomic E-state index is 9.92. The van der Waals surface area contributed by atoms with Crippen LogP contribution in [0, 0.1) is 17.3 Å². The van der Waals surface area contributed by atoms with E-state index in [1.54, 1.807) is 0 Å². The third-order valence-electron chi connectivity index (χ3n) is 4.12. The molecule has 0 saturated heterocycles. The Kier molecular flexibility index (Phi) is 1.26. The molecule has 64 valence electrons. The normalized spacial score (nSPS) is 54.8. The van der Waals surface area contributed by atoms with Crippen LogP contribution in [-0.4, -0.2) is 10.7 Å². The predicted molar refractivity (Wildman–Crippen MR) is 45.2 cm³/mol. The van der Waals surface area contributed by atoms with Crippen molar-refractivity contribution in [2.75, 3.05) is 0 Å². The van der Waals surface area contributed by atoms with E-state index in [2.05, 4.69) is 13.8 Å². The summed E-state index contributed by atoms with van der Waals surface area (Å²) in [5.74, 6) is 1.39. The lowest BCUT2D eigenvalue weighted by Crippen LogP contribution is -2.23. The summed E-state index contributed by atoms with van der Waals surface area (Å²) in [6.07, 6.45) is 3.55. The van der Waals surface area contributed by atoms with E-state index in [1.807, 2.05) is 6.92 Å². The first-order valence-electron chi connectivity index (χ1n) is 4.71. The molecule has 0 radical (unpaired) electrons. The van der Waals surface area contributed by atoms with Gasteiger partial charge in [0.05, 0.1) is 5.60 Å². The largest absolute Gasteiger partial charge is 0.390 e. The first kappa shape index (κ1) is 7.60. The Labute approximate surface area is 68.8 Å². The van der Waals surface area contributed by atoms with Gasteiger partial charge in [0.2, 0.25) is 0 Å². The van der Waals surface area contributed by atoms with Crippen LogP contribution in [0.2, 0.25) is 0 Å². The molecule has 1 N–H and O–H groups in total. The van der Waals surface area contributed by atoms with Gasteiger partial charge in [-0.3, -0.25) is 0 Å². The van der Waals surface area contributed by atoms with Gasteiger partial charge in [0, 0.05) is 0 Å². The minimum absolute atomic E-state index is 0.329. The average Bonchev–Trinajstić information content (AvgIpc) is 2.54. The molecule has 2 saturated carbocycles. The Morgan fingerprint density at radius 2 is 2.00 bits per heavy atom. The van der Waals surface area contributed by atoms with Gasteiger partial charge in [-0.1, -0.05) is 13.8 Å². The van der Waals surface area contributed by atoms with E-state index in [4.69, 9.17) is 0 Å². The minimum Gasteiger partial charge on any atom is -0.390 e. The first-order chi connectivity index (χ1) is 4.99. The molecule has 2 aliphatic rings. The second kappa shape index (κ2) is 1.82. The molecule has 11 heavy (non-hydrogen) atoms. The highest BCUT2D eigenvalue weighted by Gasteiger charge is 2.67. The molecule has 0 heterocycles. The van der Waals surface area contributed by atoms with Gasteiger partial charge in [-0.2, -0.15) is 0 Å². The van der Waals surface area contributed by atoms with E-state index >= 15 is 0 Å². The van der Waals surface area contributed by atoms with Gasteiger partial charge in [-0.05, 0) is 43.4 Å². The van der Waals surface area contributed by atoms with Crippen molar-refractivity contribution in [2.45, 2.75) is 45.6 Å². The lowest BCUT2D eigenvalue weighted by Gasteiger charge is -2.17. The van der Waals surface area contributed by atoms with Crippen LogP contribution in [0.25, 0.3) is 0 Å². The van der Waals surface area contributed by atoms with E-state index in [0.717, 1.165) is 12.3 Å². The second-order valence-corrected chi connectivity index (χ2v) is 5.00. The van der Waals surface area contributed by atoms with Crippen molar-refractivity contribution in [1.82, 2.24) is 0 Å². The van der Waals surface area contributed by atoms with Crippen LogP contribution in [0.3, 0.4) is 0 Å². The van der Waals surface area contributed by atoms with Crippen molar-refractivity contribution in [3.05, 3.63) is 0 Å². The second-order valence-electron chi connectivity index (χ2n) is 5.00. The zero-order valence-corrected chi connectivity index (χ0v) is 7.72. The van der Waals surface area contributed by atoms with Crippen molar-refractivity contribution in [2.24, 2.45) is 17.3 Å². The summed E-state index contributed by atoms with van der Waals surface area (Å²) in [6.45, 7) is 6.59. The first-order valence-corrected chi connectivity index (χ1v) is 4.71. The molecule has 0 aromatic heterocycles. The summed E-state index contributed by atoms with van der Waals surface area (Å²) in [4.78, 5) is 0. The van der Waals surface area contributed by atoms with Crippen molar-refractivity contribution in [3.8, 4) is 0 Å². The molecule has 1 heteroatoms. The maximum atomic E-state index is 9.92. The molecule has 1 nitrogen and oxygen atoms in total. The number of aliphatic hydroxyl groups is 1. The molecule has 2 fully saturated rings. The summed E-state index contributed by atoms with van der Waals surface area (Å²) in [5.41, 5.74) is 0.216. The highest BCUT2D eigenvalue weighted by Crippen LogP contribution is 2.70. The Bertz CT molecular complexity index is 183. The fraction of sp³-hybridized carbons (Fsp3) is 1.00. The molecule has 0 amide bonds. The lowest BCUT2D eigenvalue weighted by molar-refractivity contribution is 0.0426. The van der Waals surface area contributed by atoms with Crippen LogP contribution in [0.5, 0.6) is 0 Å². The predicted octanol–water partition coefficient (Wildman–Crippen LogP) is 2.19. The smallest absolute Gasteiger partial charge is 0.0653 e. The molecule has 0 aromatic rings. The SMILES string of the molecule is CC(C)C12CC[C@](C)(O)[C@@H]1C2. The molecule has 2 rings (SSSR count). The monoisotopic (exact) mass is 154 g/mol. The summed E-state index contributed by atoms with van der Waals surface area (Å²) in [7, 11) is 0. The third-order valence-corrected chi connectivity index (χ3v) is 4.12. The molecule has 3 atom stereocenters. The van der Waals surface area contributed by atoms with E-state index in [1.165, 1.54) is 12.8 Å². The van der Waals surface area contributed by atoms with E-state index in [-0.39, 0.29) is 5.60 Å². The molecule has 0 aromatic carbocycles. The molecule has 0 spiro atoms. The zero-order valence-electron chi connectivity index (χ0n) is 7.72. The number of fused-ring (bicyclic) bond motifs is 1. The topological polar surface area (TPSA) is 20.2 Å². The zero-order chi connectivity index (χ0) is 8.28. The number of rotatable bonds is 1. The molecule has 1 unspecified atom stereocenters. The quantitative estimate of drug-likeness (QED) is 0.614. The summed E-state index contributed by atoms with van der Waals surface area (Å²) < 4.78 is 0. The third kappa shape index (κ3) is 0.807. The number of hydrogen-bond acceptors (Lipinski definition) is 1. The Hall–Kier alpha value is -0.0400. The number of hydrogen-bond donors (Lipinski definition) is 1. The Morgan fingerprint density at radius 1 is 1.36 bits per heavy atom. The maximum Gasteiger partial charge on any atom is 0.0653 e. The van der Waals surface area contributed by atoms with Crippen LogP contribution in [0.4, 0.5) is 0 Å². The fourth-order valence-electron chi connectivity index (χ4n) is 3.02. The van der Waals surface area contributed by atoms with Crippen LogP contribution in [0.15, 0.2) is 0 Å². The van der Waals surface area contributed by atoms with Gasteiger partial charge in [0.15, 0.2) is 0 Å². The van der Waals surface area contributed by atoms with Gasteiger partial charge >= 0.3 is 0 Å². The van der Waals surface area contributed by atoms with Gasteiger partial charge in [0.25, 0.3) is 0 Å². The van der Waals surface area contributed by atoms with E-state index in [9.17, 15) is 5.11 Å². The van der Waals surface area contributed by atoms with Crippen molar-refractivity contribution in [1.29, 1.82) is 0 Å². The summed E-state index contributed by atoms with van der Waals surface area (Å²) in [5, 5.41) is 9.92. The van der Waals surface area contributed by atoms with Crippen molar-refractivity contribution in [3.63, 3.8) is 0 Å². The molecule has 0 aliphatic heterocycles. The Balaban J connectivity index is 2.17. The lowest BCUT2D eigenvalue weighted by atomic mass is 9.90. The Morgan fingerprint density at radius 3 is 2.18 bits per heavy atom. The molecule has 0 bridgehead atoms. The molecule has 2 aliphatic carbocycles. The average molecular weight is 154 g/mol. The minimum atomic E-state index is -0.329. The highest BCUT2D eigenvalue weighted by atomic mass is 16.3. The molecular formula is C10H18O. The van der Waals surface area contributed by atoms with Gasteiger partial charge in [-0.15, -0.1) is 0 Å². The van der Waals surface area contributed by atoms with Crippen LogP contribution in [0.1, 0.15) is 40.0 Å². The van der Waals surface area contributed by atoms with Crippen molar-refractivity contribution >= 4 is 0 Å².